The maximum atomic E-state index is 13.1. The monoisotopic (exact) mass is 365 g/mol. The van der Waals surface area contributed by atoms with Gasteiger partial charge in [-0.1, -0.05) is 0 Å². The van der Waals surface area contributed by atoms with Crippen LogP contribution in [0.15, 0.2) is 34.5 Å². The van der Waals surface area contributed by atoms with Gasteiger partial charge in [-0.2, -0.15) is 4.31 Å². The van der Waals surface area contributed by atoms with E-state index >= 15 is 0 Å². The van der Waals surface area contributed by atoms with Crippen LogP contribution in [0.5, 0.6) is 11.5 Å². The van der Waals surface area contributed by atoms with Gasteiger partial charge in [0.05, 0.1) is 18.1 Å². The smallest absolute Gasteiger partial charge is 0.243 e. The van der Waals surface area contributed by atoms with Gasteiger partial charge in [-0.3, -0.25) is 0 Å². The molecule has 2 aliphatic heterocycles. The summed E-state index contributed by atoms with van der Waals surface area (Å²) >= 11 is 1.70. The zero-order valence-electron chi connectivity index (χ0n) is 13.4. The molecule has 24 heavy (non-hydrogen) atoms. The Morgan fingerprint density at radius 1 is 1.17 bits per heavy atom. The van der Waals surface area contributed by atoms with E-state index in [1.807, 2.05) is 18.4 Å². The van der Waals surface area contributed by atoms with Crippen LogP contribution in [0.2, 0.25) is 0 Å². The highest BCUT2D eigenvalue weighted by Gasteiger charge is 2.35. The van der Waals surface area contributed by atoms with E-state index in [-0.39, 0.29) is 10.9 Å². The van der Waals surface area contributed by atoms with Gasteiger partial charge < -0.3 is 9.47 Å². The van der Waals surface area contributed by atoms with E-state index in [0.717, 1.165) is 18.4 Å². The molecule has 0 bridgehead atoms. The molecule has 0 spiro atoms. The van der Waals surface area contributed by atoms with Crippen molar-refractivity contribution in [2.24, 2.45) is 0 Å². The number of thiophene rings is 1. The van der Waals surface area contributed by atoms with Crippen LogP contribution in [0, 0.1) is 0 Å². The average molecular weight is 365 g/mol. The van der Waals surface area contributed by atoms with Crippen molar-refractivity contribution in [1.29, 1.82) is 0 Å². The Hall–Kier alpha value is -1.57. The summed E-state index contributed by atoms with van der Waals surface area (Å²) in [4.78, 5) is 1.55. The van der Waals surface area contributed by atoms with Crippen LogP contribution in [0.4, 0.5) is 0 Å². The largest absolute Gasteiger partial charge is 0.490 e. The summed E-state index contributed by atoms with van der Waals surface area (Å²) in [6.07, 6.45) is 1.56. The molecule has 3 heterocycles. The Morgan fingerprint density at radius 3 is 2.79 bits per heavy atom. The van der Waals surface area contributed by atoms with Crippen LogP contribution in [0.1, 0.15) is 29.8 Å². The van der Waals surface area contributed by atoms with Gasteiger partial charge in [-0.15, -0.1) is 11.3 Å². The lowest BCUT2D eigenvalue weighted by Gasteiger charge is -2.32. The first-order chi connectivity index (χ1) is 11.6. The summed E-state index contributed by atoms with van der Waals surface area (Å²) in [6, 6.07) is 6.77. The van der Waals surface area contributed by atoms with Crippen molar-refractivity contribution >= 4 is 21.4 Å². The third-order valence-electron chi connectivity index (χ3n) is 4.55. The fourth-order valence-electron chi connectivity index (χ4n) is 3.25. The molecular weight excluding hydrogens is 346 g/mol. The molecule has 0 saturated heterocycles. The summed E-state index contributed by atoms with van der Waals surface area (Å²) in [5, 5.41) is 2.03. The molecule has 1 aromatic heterocycles. The van der Waals surface area contributed by atoms with Crippen molar-refractivity contribution in [3.05, 3.63) is 40.1 Å². The minimum Gasteiger partial charge on any atom is -0.490 e. The maximum absolute atomic E-state index is 13.1. The standard InChI is InChI=1S/C17H19NO4S2/c1-12-14-6-10-23-17(14)5-7-18(12)24(19,20)13-3-4-15-16(11-13)22-9-2-8-21-15/h3-4,6,10-12H,2,5,7-9H2,1H3. The van der Waals surface area contributed by atoms with Crippen molar-refractivity contribution in [2.45, 2.75) is 30.7 Å². The maximum Gasteiger partial charge on any atom is 0.243 e. The van der Waals surface area contributed by atoms with Gasteiger partial charge >= 0.3 is 0 Å². The van der Waals surface area contributed by atoms with Gasteiger partial charge in [0, 0.05) is 30.0 Å². The number of sulfonamides is 1. The molecule has 1 unspecified atom stereocenters. The van der Waals surface area contributed by atoms with E-state index in [1.54, 1.807) is 33.8 Å². The van der Waals surface area contributed by atoms with Gasteiger partial charge in [-0.05, 0) is 42.5 Å². The van der Waals surface area contributed by atoms with Gasteiger partial charge in [0.2, 0.25) is 10.0 Å². The van der Waals surface area contributed by atoms with Crippen LogP contribution in [-0.2, 0) is 16.4 Å². The van der Waals surface area contributed by atoms with Crippen molar-refractivity contribution in [2.75, 3.05) is 19.8 Å². The summed E-state index contributed by atoms with van der Waals surface area (Å²) in [6.45, 7) is 3.58. The zero-order chi connectivity index (χ0) is 16.7. The van der Waals surface area contributed by atoms with Crippen LogP contribution >= 0.6 is 11.3 Å². The molecule has 4 rings (SSSR count). The lowest BCUT2D eigenvalue weighted by Crippen LogP contribution is -2.38. The second-order valence-corrected chi connectivity index (χ2v) is 8.89. The van der Waals surface area contributed by atoms with E-state index in [1.165, 1.54) is 4.88 Å². The summed E-state index contributed by atoms with van der Waals surface area (Å²) in [5.74, 6) is 1.12. The van der Waals surface area contributed by atoms with E-state index in [4.69, 9.17) is 9.47 Å². The van der Waals surface area contributed by atoms with Crippen molar-refractivity contribution in [3.8, 4) is 11.5 Å². The number of rotatable bonds is 2. The van der Waals surface area contributed by atoms with Crippen molar-refractivity contribution < 1.29 is 17.9 Å². The van der Waals surface area contributed by atoms with Crippen LogP contribution in [-0.4, -0.2) is 32.5 Å². The molecule has 5 nitrogen and oxygen atoms in total. The SMILES string of the molecule is CC1c2ccsc2CCN1S(=O)(=O)c1ccc2c(c1)OCCCO2. The molecular formula is C17H19NO4S2. The number of ether oxygens (including phenoxy) is 2. The average Bonchev–Trinajstić information content (AvgIpc) is 2.93. The van der Waals surface area contributed by atoms with Gasteiger partial charge in [0.15, 0.2) is 11.5 Å². The molecule has 2 aromatic rings. The summed E-state index contributed by atoms with van der Waals surface area (Å²) in [7, 11) is -3.57. The first-order valence-electron chi connectivity index (χ1n) is 8.05. The third-order valence-corrected chi connectivity index (χ3v) is 7.51. The molecule has 1 atom stereocenters. The Balaban J connectivity index is 1.70. The summed E-state index contributed by atoms with van der Waals surface area (Å²) < 4.78 is 39.1. The highest BCUT2D eigenvalue weighted by molar-refractivity contribution is 7.89. The van der Waals surface area contributed by atoms with Crippen molar-refractivity contribution in [3.63, 3.8) is 0 Å². The molecule has 0 saturated carbocycles. The molecule has 128 valence electrons. The molecule has 0 N–H and O–H groups in total. The predicted molar refractivity (Wildman–Crippen MR) is 92.4 cm³/mol. The second kappa shape index (κ2) is 6.06. The number of hydrogen-bond acceptors (Lipinski definition) is 5. The van der Waals surface area contributed by atoms with Crippen molar-refractivity contribution in [1.82, 2.24) is 4.31 Å². The zero-order valence-corrected chi connectivity index (χ0v) is 15.0. The normalized spacial score (nSPS) is 21.1. The Kier molecular flexibility index (Phi) is 4.02. The molecule has 0 amide bonds. The fraction of sp³-hybridized carbons (Fsp3) is 0.412. The first kappa shape index (κ1) is 15.9. The third kappa shape index (κ3) is 2.60. The minimum absolute atomic E-state index is 0.152. The first-order valence-corrected chi connectivity index (χ1v) is 10.4. The second-order valence-electron chi connectivity index (χ2n) is 6.00. The Morgan fingerprint density at radius 2 is 1.96 bits per heavy atom. The number of hydrogen-bond donors (Lipinski definition) is 0. The predicted octanol–water partition coefficient (Wildman–Crippen LogP) is 3.22. The lowest BCUT2D eigenvalue weighted by molar-refractivity contribution is 0.296. The van der Waals surface area contributed by atoms with Crippen LogP contribution in [0.25, 0.3) is 0 Å². The van der Waals surface area contributed by atoms with E-state index in [0.29, 0.717) is 31.3 Å². The number of fused-ring (bicyclic) bond motifs is 2. The fourth-order valence-corrected chi connectivity index (χ4v) is 5.85. The molecule has 1 aromatic carbocycles. The number of benzene rings is 1. The molecule has 7 heteroatoms. The number of nitrogens with zero attached hydrogens (tertiary/aromatic N) is 1. The molecule has 0 fully saturated rings. The quantitative estimate of drug-likeness (QED) is 0.820. The van der Waals surface area contributed by atoms with E-state index < -0.39 is 10.0 Å². The van der Waals surface area contributed by atoms with Crippen LogP contribution in [0.3, 0.4) is 0 Å². The Labute approximate surface area is 145 Å². The minimum atomic E-state index is -3.57. The van der Waals surface area contributed by atoms with Gasteiger partial charge in [0.25, 0.3) is 0 Å². The van der Waals surface area contributed by atoms with Crippen LogP contribution < -0.4 is 9.47 Å². The molecule has 0 radical (unpaired) electrons. The van der Waals surface area contributed by atoms with Gasteiger partial charge in [-0.25, -0.2) is 8.42 Å². The summed E-state index contributed by atoms with van der Waals surface area (Å²) in [5.41, 5.74) is 1.11. The molecule has 2 aliphatic rings. The van der Waals surface area contributed by atoms with E-state index in [9.17, 15) is 8.42 Å². The highest BCUT2D eigenvalue weighted by atomic mass is 32.2. The van der Waals surface area contributed by atoms with E-state index in [2.05, 4.69) is 0 Å². The highest BCUT2D eigenvalue weighted by Crippen LogP contribution is 2.38. The molecule has 0 aliphatic carbocycles. The topological polar surface area (TPSA) is 55.8 Å². The Bertz CT molecular complexity index is 859. The van der Waals surface area contributed by atoms with Gasteiger partial charge in [0.1, 0.15) is 0 Å². The lowest BCUT2D eigenvalue weighted by atomic mass is 10.0.